The molecule has 0 saturated carbocycles. The van der Waals surface area contributed by atoms with Crippen LogP contribution in [0.2, 0.25) is 5.02 Å². The van der Waals surface area contributed by atoms with Crippen molar-refractivity contribution in [2.75, 3.05) is 12.4 Å². The van der Waals surface area contributed by atoms with Crippen molar-refractivity contribution in [3.05, 3.63) is 21.6 Å². The van der Waals surface area contributed by atoms with E-state index in [4.69, 9.17) is 11.6 Å². The highest BCUT2D eigenvalue weighted by atomic mass is 79.9. The van der Waals surface area contributed by atoms with E-state index in [1.54, 1.807) is 7.05 Å². The Kier molecular flexibility index (Phi) is 3.95. The van der Waals surface area contributed by atoms with E-state index in [-0.39, 0.29) is 5.75 Å². The summed E-state index contributed by atoms with van der Waals surface area (Å²) in [6.45, 7) is -2.86. The first-order valence-electron chi connectivity index (χ1n) is 3.66. The van der Waals surface area contributed by atoms with Crippen molar-refractivity contribution >= 4 is 33.2 Å². The van der Waals surface area contributed by atoms with Crippen LogP contribution < -0.4 is 10.1 Å². The number of hydrogen-bond donors (Lipinski definition) is 1. The molecular formula is C8H7BrClF2NO. The van der Waals surface area contributed by atoms with Gasteiger partial charge in [-0.05, 0) is 28.1 Å². The van der Waals surface area contributed by atoms with Crippen LogP contribution in [0, 0.1) is 0 Å². The molecule has 0 fully saturated rings. The number of anilines is 1. The van der Waals surface area contributed by atoms with Gasteiger partial charge in [-0.3, -0.25) is 0 Å². The molecule has 78 valence electrons. The third kappa shape index (κ3) is 2.72. The number of nitrogens with one attached hydrogen (secondary N) is 1. The summed E-state index contributed by atoms with van der Waals surface area (Å²) in [6, 6.07) is 2.99. The number of hydrogen-bond acceptors (Lipinski definition) is 2. The van der Waals surface area contributed by atoms with Crippen molar-refractivity contribution in [2.24, 2.45) is 0 Å². The molecule has 0 atom stereocenters. The summed E-state index contributed by atoms with van der Waals surface area (Å²) in [4.78, 5) is 0. The number of rotatable bonds is 3. The second kappa shape index (κ2) is 4.79. The molecule has 6 heteroatoms. The van der Waals surface area contributed by atoms with Crippen LogP contribution in [-0.2, 0) is 0 Å². The summed E-state index contributed by atoms with van der Waals surface area (Å²) in [5.74, 6) is 0.0481. The summed E-state index contributed by atoms with van der Waals surface area (Å²) >= 11 is 8.81. The number of ether oxygens (including phenoxy) is 1. The van der Waals surface area contributed by atoms with E-state index in [1.165, 1.54) is 12.1 Å². The quantitative estimate of drug-likeness (QED) is 0.914. The van der Waals surface area contributed by atoms with Crippen LogP contribution in [0.5, 0.6) is 5.75 Å². The molecule has 0 bridgehead atoms. The van der Waals surface area contributed by atoms with Crippen molar-refractivity contribution in [3.8, 4) is 5.75 Å². The monoisotopic (exact) mass is 285 g/mol. The summed E-state index contributed by atoms with van der Waals surface area (Å²) in [6.07, 6.45) is 0. The molecule has 2 nitrogen and oxygen atoms in total. The molecule has 0 radical (unpaired) electrons. The largest absolute Gasteiger partial charge is 0.431 e. The van der Waals surface area contributed by atoms with Crippen LogP contribution >= 0.6 is 27.5 Å². The Labute approximate surface area is 93.3 Å². The van der Waals surface area contributed by atoms with Crippen LogP contribution in [0.25, 0.3) is 0 Å². The smallest absolute Gasteiger partial charge is 0.387 e. The fraction of sp³-hybridized carbons (Fsp3) is 0.250. The fourth-order valence-electron chi connectivity index (χ4n) is 0.955. The van der Waals surface area contributed by atoms with Gasteiger partial charge in [-0.2, -0.15) is 8.78 Å². The minimum absolute atomic E-state index is 0.0481. The van der Waals surface area contributed by atoms with Gasteiger partial charge in [0.15, 0.2) is 5.75 Å². The van der Waals surface area contributed by atoms with Gasteiger partial charge in [-0.15, -0.1) is 0 Å². The maximum Gasteiger partial charge on any atom is 0.387 e. The topological polar surface area (TPSA) is 21.3 Å². The second-order valence-electron chi connectivity index (χ2n) is 2.39. The number of benzene rings is 1. The molecule has 0 unspecified atom stereocenters. The Morgan fingerprint density at radius 2 is 2.14 bits per heavy atom. The Balaban J connectivity index is 3.11. The average Bonchev–Trinajstić information content (AvgIpc) is 2.08. The molecule has 1 aromatic rings. The first kappa shape index (κ1) is 11.5. The van der Waals surface area contributed by atoms with Crippen molar-refractivity contribution in [3.63, 3.8) is 0 Å². The predicted octanol–water partition coefficient (Wildman–Crippen LogP) is 3.75. The number of alkyl halides is 2. The molecule has 14 heavy (non-hydrogen) atoms. The van der Waals surface area contributed by atoms with Crippen LogP contribution in [0.4, 0.5) is 14.5 Å². The van der Waals surface area contributed by atoms with E-state index in [1.807, 2.05) is 0 Å². The SMILES string of the molecule is CNc1cc(Cl)cc(Br)c1OC(F)F. The van der Waals surface area contributed by atoms with E-state index in [0.717, 1.165) is 0 Å². The zero-order valence-corrected chi connectivity index (χ0v) is 9.49. The van der Waals surface area contributed by atoms with Gasteiger partial charge in [-0.1, -0.05) is 11.6 Å². The molecule has 0 spiro atoms. The van der Waals surface area contributed by atoms with Crippen molar-refractivity contribution in [1.29, 1.82) is 0 Å². The van der Waals surface area contributed by atoms with Crippen molar-refractivity contribution in [1.82, 2.24) is 0 Å². The molecule has 1 aromatic carbocycles. The Morgan fingerprint density at radius 1 is 1.50 bits per heavy atom. The standard InChI is InChI=1S/C8H7BrClF2NO/c1-13-6-3-4(10)2-5(9)7(6)14-8(11)12/h2-3,8,13H,1H3. The van der Waals surface area contributed by atoms with Crippen LogP contribution in [0.1, 0.15) is 0 Å². The Bertz CT molecular complexity index is 335. The highest BCUT2D eigenvalue weighted by molar-refractivity contribution is 9.10. The van der Waals surface area contributed by atoms with Crippen LogP contribution in [0.15, 0.2) is 16.6 Å². The molecule has 0 aliphatic heterocycles. The zero-order valence-electron chi connectivity index (χ0n) is 7.15. The molecule has 1 rings (SSSR count). The molecule has 0 aliphatic rings. The van der Waals surface area contributed by atoms with Gasteiger partial charge in [0.2, 0.25) is 0 Å². The first-order chi connectivity index (χ1) is 6.54. The molecule has 0 amide bonds. The van der Waals surface area contributed by atoms with E-state index in [9.17, 15) is 8.78 Å². The lowest BCUT2D eigenvalue weighted by atomic mass is 10.3. The van der Waals surface area contributed by atoms with Gasteiger partial charge in [-0.25, -0.2) is 0 Å². The molecule has 1 N–H and O–H groups in total. The average molecular weight is 287 g/mol. The van der Waals surface area contributed by atoms with Crippen molar-refractivity contribution in [2.45, 2.75) is 6.61 Å². The summed E-state index contributed by atoms with van der Waals surface area (Å²) in [5.41, 5.74) is 0.407. The molecular weight excluding hydrogens is 279 g/mol. The lowest BCUT2D eigenvalue weighted by Gasteiger charge is -2.12. The Hall–Kier alpha value is -0.550. The van der Waals surface area contributed by atoms with Gasteiger partial charge in [0.1, 0.15) is 0 Å². The maximum atomic E-state index is 12.0. The normalized spacial score (nSPS) is 10.4. The second-order valence-corrected chi connectivity index (χ2v) is 3.68. The van der Waals surface area contributed by atoms with Crippen LogP contribution in [-0.4, -0.2) is 13.7 Å². The molecule has 0 saturated heterocycles. The first-order valence-corrected chi connectivity index (χ1v) is 4.83. The predicted molar refractivity (Wildman–Crippen MR) is 55.3 cm³/mol. The lowest BCUT2D eigenvalue weighted by molar-refractivity contribution is -0.0498. The fourth-order valence-corrected chi connectivity index (χ4v) is 1.86. The van der Waals surface area contributed by atoms with Gasteiger partial charge >= 0.3 is 6.61 Å². The zero-order chi connectivity index (χ0) is 10.7. The molecule has 0 aliphatic carbocycles. The van der Waals surface area contributed by atoms with Crippen molar-refractivity contribution < 1.29 is 13.5 Å². The molecule has 0 aromatic heterocycles. The molecule has 0 heterocycles. The minimum atomic E-state index is -2.86. The third-order valence-electron chi connectivity index (χ3n) is 1.48. The summed E-state index contributed by atoms with van der Waals surface area (Å²) < 4.78 is 28.7. The Morgan fingerprint density at radius 3 is 2.64 bits per heavy atom. The number of halogens is 4. The van der Waals surface area contributed by atoms with E-state index < -0.39 is 6.61 Å². The van der Waals surface area contributed by atoms with E-state index >= 15 is 0 Å². The van der Waals surface area contributed by atoms with Gasteiger partial charge in [0.05, 0.1) is 10.2 Å². The van der Waals surface area contributed by atoms with E-state index in [2.05, 4.69) is 26.0 Å². The van der Waals surface area contributed by atoms with Crippen LogP contribution in [0.3, 0.4) is 0 Å². The maximum absolute atomic E-state index is 12.0. The summed E-state index contributed by atoms with van der Waals surface area (Å²) in [7, 11) is 1.59. The van der Waals surface area contributed by atoms with Gasteiger partial charge < -0.3 is 10.1 Å². The summed E-state index contributed by atoms with van der Waals surface area (Å²) in [5, 5.41) is 3.14. The van der Waals surface area contributed by atoms with E-state index in [0.29, 0.717) is 15.2 Å². The lowest BCUT2D eigenvalue weighted by Crippen LogP contribution is -2.05. The van der Waals surface area contributed by atoms with Gasteiger partial charge in [0, 0.05) is 12.1 Å². The highest BCUT2D eigenvalue weighted by Gasteiger charge is 2.13. The third-order valence-corrected chi connectivity index (χ3v) is 2.29. The van der Waals surface area contributed by atoms with Gasteiger partial charge in [0.25, 0.3) is 0 Å². The minimum Gasteiger partial charge on any atom is -0.431 e. The highest BCUT2D eigenvalue weighted by Crippen LogP contribution is 2.37.